The van der Waals surface area contributed by atoms with Crippen LogP contribution < -0.4 is 19.7 Å². The first-order chi connectivity index (χ1) is 13.2. The summed E-state index contributed by atoms with van der Waals surface area (Å²) in [6.45, 7) is 3.62. The molecule has 144 valence electrons. The minimum atomic E-state index is 0.163. The molecule has 3 rings (SSSR count). The zero-order chi connectivity index (χ0) is 19.1. The van der Waals surface area contributed by atoms with Crippen molar-refractivity contribution < 1.29 is 14.3 Å². The molecule has 1 fully saturated rings. The summed E-state index contributed by atoms with van der Waals surface area (Å²) in [5.41, 5.74) is 0.853. The van der Waals surface area contributed by atoms with Gasteiger partial charge in [-0.1, -0.05) is 6.07 Å². The number of hydrogen-bond donors (Lipinski definition) is 1. The van der Waals surface area contributed by atoms with Crippen molar-refractivity contribution in [2.24, 2.45) is 0 Å². The van der Waals surface area contributed by atoms with Crippen molar-refractivity contribution in [1.29, 1.82) is 0 Å². The Labute approximate surface area is 159 Å². The van der Waals surface area contributed by atoms with Gasteiger partial charge in [-0.05, 0) is 24.3 Å². The van der Waals surface area contributed by atoms with Gasteiger partial charge in [0, 0.05) is 51.4 Å². The molecule has 0 aliphatic carbocycles. The normalized spacial score (nSPS) is 14.0. The fourth-order valence-electron chi connectivity index (χ4n) is 3.13. The van der Waals surface area contributed by atoms with Crippen molar-refractivity contribution in [3.05, 3.63) is 42.6 Å². The van der Waals surface area contributed by atoms with E-state index in [-0.39, 0.29) is 5.91 Å². The first-order valence-corrected chi connectivity index (χ1v) is 9.11. The molecule has 0 radical (unpaired) electrons. The molecule has 0 unspecified atom stereocenters. The zero-order valence-corrected chi connectivity index (χ0v) is 15.9. The van der Waals surface area contributed by atoms with E-state index in [1.165, 1.54) is 0 Å². The third-order valence-electron chi connectivity index (χ3n) is 4.67. The molecule has 1 amide bonds. The molecule has 0 atom stereocenters. The van der Waals surface area contributed by atoms with E-state index in [1.54, 1.807) is 20.4 Å². The third-order valence-corrected chi connectivity index (χ3v) is 4.67. The highest BCUT2D eigenvalue weighted by Gasteiger charge is 2.21. The second kappa shape index (κ2) is 9.12. The second-order valence-corrected chi connectivity index (χ2v) is 6.30. The smallest absolute Gasteiger partial charge is 0.224 e. The first-order valence-electron chi connectivity index (χ1n) is 9.11. The highest BCUT2D eigenvalue weighted by molar-refractivity contribution is 5.77. The van der Waals surface area contributed by atoms with Gasteiger partial charge in [-0.15, -0.1) is 0 Å². The lowest BCUT2D eigenvalue weighted by Gasteiger charge is -2.35. The van der Waals surface area contributed by atoms with E-state index in [9.17, 15) is 4.79 Å². The minimum absolute atomic E-state index is 0.163. The van der Waals surface area contributed by atoms with Crippen LogP contribution in [0, 0.1) is 0 Å². The predicted molar refractivity (Wildman–Crippen MR) is 106 cm³/mol. The lowest BCUT2D eigenvalue weighted by atomic mass is 10.2. The van der Waals surface area contributed by atoms with Crippen molar-refractivity contribution in [3.8, 4) is 11.5 Å². The summed E-state index contributed by atoms with van der Waals surface area (Å²) in [7, 11) is 3.24. The topological polar surface area (TPSA) is 66.9 Å². The number of piperazine rings is 1. The number of carbonyl (C=O) groups is 1. The quantitative estimate of drug-likeness (QED) is 0.806. The zero-order valence-electron chi connectivity index (χ0n) is 15.9. The number of hydrogen-bond acceptors (Lipinski definition) is 6. The number of carbonyl (C=O) groups excluding carboxylic acids is 1. The number of benzene rings is 1. The summed E-state index contributed by atoms with van der Waals surface area (Å²) < 4.78 is 10.6. The van der Waals surface area contributed by atoms with Gasteiger partial charge in [0.05, 0.1) is 19.9 Å². The van der Waals surface area contributed by atoms with Crippen LogP contribution in [0.15, 0.2) is 42.6 Å². The van der Waals surface area contributed by atoms with E-state index in [0.717, 1.165) is 43.4 Å². The van der Waals surface area contributed by atoms with Gasteiger partial charge in [-0.25, -0.2) is 4.98 Å². The molecule has 1 aromatic heterocycles. The average Bonchev–Trinajstić information content (AvgIpc) is 2.74. The van der Waals surface area contributed by atoms with Crippen LogP contribution in [0.5, 0.6) is 11.5 Å². The van der Waals surface area contributed by atoms with Gasteiger partial charge in [0.25, 0.3) is 0 Å². The molecule has 0 spiro atoms. The van der Waals surface area contributed by atoms with Crippen molar-refractivity contribution in [3.63, 3.8) is 0 Å². The molecule has 0 bridgehead atoms. The average molecular weight is 370 g/mol. The third kappa shape index (κ3) is 4.81. The number of aromatic nitrogens is 1. The predicted octanol–water partition coefficient (Wildman–Crippen LogP) is 2.25. The summed E-state index contributed by atoms with van der Waals surface area (Å²) in [6, 6.07) is 11.5. The number of rotatable bonds is 7. The van der Waals surface area contributed by atoms with E-state index in [4.69, 9.17) is 9.47 Å². The minimum Gasteiger partial charge on any atom is -0.497 e. The second-order valence-electron chi connectivity index (χ2n) is 6.30. The number of anilines is 2. The molecule has 1 saturated heterocycles. The van der Waals surface area contributed by atoms with Crippen LogP contribution in [0.4, 0.5) is 11.5 Å². The first kappa shape index (κ1) is 18.8. The van der Waals surface area contributed by atoms with E-state index >= 15 is 0 Å². The molecule has 2 aromatic rings. The maximum Gasteiger partial charge on any atom is 0.224 e. The van der Waals surface area contributed by atoms with Crippen molar-refractivity contribution >= 4 is 17.4 Å². The molecule has 27 heavy (non-hydrogen) atoms. The summed E-state index contributed by atoms with van der Waals surface area (Å²) >= 11 is 0. The van der Waals surface area contributed by atoms with E-state index < -0.39 is 0 Å². The molecule has 1 aliphatic rings. The lowest BCUT2D eigenvalue weighted by Crippen LogP contribution is -2.49. The maximum atomic E-state index is 12.5. The highest BCUT2D eigenvalue weighted by Crippen LogP contribution is 2.28. The standard InChI is InChI=1S/C20H26N4O3/c1-26-16-6-7-17(18(15-16)27-2)21-10-8-20(25)24-13-11-23(12-14-24)19-5-3-4-9-22-19/h3-7,9,15,21H,8,10-14H2,1-2H3. The lowest BCUT2D eigenvalue weighted by molar-refractivity contribution is -0.131. The van der Waals surface area contributed by atoms with Crippen LogP contribution in [-0.2, 0) is 4.79 Å². The Kier molecular flexibility index (Phi) is 6.35. The molecular weight excluding hydrogens is 344 g/mol. The molecule has 7 heteroatoms. The van der Waals surface area contributed by atoms with Gasteiger partial charge in [-0.2, -0.15) is 0 Å². The molecule has 2 heterocycles. The molecule has 1 aliphatic heterocycles. The van der Waals surface area contributed by atoms with E-state index in [0.29, 0.717) is 18.7 Å². The molecule has 7 nitrogen and oxygen atoms in total. The van der Waals surface area contributed by atoms with Crippen LogP contribution in [0.25, 0.3) is 0 Å². The summed E-state index contributed by atoms with van der Waals surface area (Å²) in [5, 5.41) is 3.27. The fraction of sp³-hybridized carbons (Fsp3) is 0.400. The van der Waals surface area contributed by atoms with Gasteiger partial charge in [0.2, 0.25) is 5.91 Å². The van der Waals surface area contributed by atoms with Gasteiger partial charge in [0.1, 0.15) is 17.3 Å². The van der Waals surface area contributed by atoms with Crippen molar-refractivity contribution in [2.45, 2.75) is 6.42 Å². The van der Waals surface area contributed by atoms with Crippen LogP contribution in [0.1, 0.15) is 6.42 Å². The number of nitrogens with zero attached hydrogens (tertiary/aromatic N) is 3. The van der Waals surface area contributed by atoms with Crippen LogP contribution in [0.2, 0.25) is 0 Å². The number of ether oxygens (including phenoxy) is 2. The molecular formula is C20H26N4O3. The fourth-order valence-corrected chi connectivity index (χ4v) is 3.13. The largest absolute Gasteiger partial charge is 0.497 e. The van der Waals surface area contributed by atoms with Gasteiger partial charge in [-0.3, -0.25) is 4.79 Å². The molecule has 1 aromatic carbocycles. The Morgan fingerprint density at radius 1 is 1.11 bits per heavy atom. The summed E-state index contributed by atoms with van der Waals surface area (Å²) in [5.74, 6) is 2.57. The van der Waals surface area contributed by atoms with Crippen LogP contribution >= 0.6 is 0 Å². The number of amides is 1. The highest BCUT2D eigenvalue weighted by atomic mass is 16.5. The summed E-state index contributed by atoms with van der Waals surface area (Å²) in [6.07, 6.45) is 2.24. The van der Waals surface area contributed by atoms with Crippen molar-refractivity contribution in [2.75, 3.05) is 57.2 Å². The Balaban J connectivity index is 1.45. The molecule has 1 N–H and O–H groups in total. The van der Waals surface area contributed by atoms with Gasteiger partial charge in [0.15, 0.2) is 0 Å². The number of nitrogens with one attached hydrogen (secondary N) is 1. The van der Waals surface area contributed by atoms with E-state index in [1.807, 2.05) is 41.3 Å². The Morgan fingerprint density at radius 3 is 2.59 bits per heavy atom. The maximum absolute atomic E-state index is 12.5. The van der Waals surface area contributed by atoms with Crippen molar-refractivity contribution in [1.82, 2.24) is 9.88 Å². The van der Waals surface area contributed by atoms with Gasteiger partial charge >= 0.3 is 0 Å². The Morgan fingerprint density at radius 2 is 1.93 bits per heavy atom. The molecule has 0 saturated carbocycles. The Hall–Kier alpha value is -2.96. The van der Waals surface area contributed by atoms with Crippen LogP contribution in [-0.4, -0.2) is 62.7 Å². The van der Waals surface area contributed by atoms with E-state index in [2.05, 4.69) is 15.2 Å². The Bertz CT molecular complexity index is 746. The van der Waals surface area contributed by atoms with Crippen LogP contribution in [0.3, 0.4) is 0 Å². The van der Waals surface area contributed by atoms with Gasteiger partial charge < -0.3 is 24.6 Å². The number of methoxy groups -OCH3 is 2. The summed E-state index contributed by atoms with van der Waals surface area (Å²) in [4.78, 5) is 21.0. The SMILES string of the molecule is COc1ccc(NCCC(=O)N2CCN(c3ccccn3)CC2)c(OC)c1. The monoisotopic (exact) mass is 370 g/mol. The number of pyridine rings is 1.